The molecule has 1 N–H and O–H groups in total. The van der Waals surface area contributed by atoms with Crippen LogP contribution < -0.4 is 10.1 Å². The number of carbonyl (C=O) groups is 1. The molecule has 2 rings (SSSR count). The molecule has 1 saturated heterocycles. The first kappa shape index (κ1) is 17.8. The smallest absolute Gasteiger partial charge is 0.222 e. The molecule has 1 aromatic rings. The van der Waals surface area contributed by atoms with Gasteiger partial charge < -0.3 is 15.0 Å². The normalized spacial score (nSPS) is 17.1. The maximum absolute atomic E-state index is 12.1. The molecule has 1 aliphatic heterocycles. The summed E-state index contributed by atoms with van der Waals surface area (Å²) in [6, 6.07) is 8.39. The van der Waals surface area contributed by atoms with Crippen LogP contribution in [0, 0.1) is 0 Å². The SMILES string of the molecule is COc1ccc(CN(C)C(=O)CCC2CCCN2)cc1.Cl. The number of amides is 1. The van der Waals surface area contributed by atoms with Crippen LogP contribution in [0.3, 0.4) is 0 Å². The van der Waals surface area contributed by atoms with Gasteiger partial charge in [-0.05, 0) is 43.5 Å². The van der Waals surface area contributed by atoms with Crippen molar-refractivity contribution in [3.63, 3.8) is 0 Å². The molecule has 4 nitrogen and oxygen atoms in total. The van der Waals surface area contributed by atoms with Gasteiger partial charge in [0.25, 0.3) is 0 Å². The lowest BCUT2D eigenvalue weighted by Crippen LogP contribution is -2.29. The lowest BCUT2D eigenvalue weighted by molar-refractivity contribution is -0.130. The molecule has 5 heteroatoms. The number of halogens is 1. The van der Waals surface area contributed by atoms with Crippen molar-refractivity contribution in [1.29, 1.82) is 0 Å². The van der Waals surface area contributed by atoms with Crippen molar-refractivity contribution in [1.82, 2.24) is 10.2 Å². The van der Waals surface area contributed by atoms with E-state index in [-0.39, 0.29) is 18.3 Å². The zero-order valence-corrected chi connectivity index (χ0v) is 13.6. The fraction of sp³-hybridized carbons (Fsp3) is 0.562. The molecule has 0 radical (unpaired) electrons. The Balaban J connectivity index is 0.00000220. The number of ether oxygens (including phenoxy) is 1. The van der Waals surface area contributed by atoms with Crippen LogP contribution in [-0.2, 0) is 11.3 Å². The second kappa shape index (κ2) is 8.90. The topological polar surface area (TPSA) is 41.6 Å². The fourth-order valence-corrected chi connectivity index (χ4v) is 2.58. The third-order valence-corrected chi connectivity index (χ3v) is 3.87. The highest BCUT2D eigenvalue weighted by molar-refractivity contribution is 5.85. The summed E-state index contributed by atoms with van der Waals surface area (Å²) in [5, 5.41) is 3.43. The summed E-state index contributed by atoms with van der Waals surface area (Å²) >= 11 is 0. The summed E-state index contributed by atoms with van der Waals surface area (Å²) in [7, 11) is 3.52. The van der Waals surface area contributed by atoms with Gasteiger partial charge >= 0.3 is 0 Å². The molecule has 0 aliphatic carbocycles. The molecule has 0 spiro atoms. The predicted octanol–water partition coefficient (Wildman–Crippen LogP) is 2.61. The Morgan fingerprint density at radius 1 is 1.38 bits per heavy atom. The number of nitrogens with zero attached hydrogens (tertiary/aromatic N) is 1. The van der Waals surface area contributed by atoms with Gasteiger partial charge in [0, 0.05) is 26.1 Å². The average Bonchev–Trinajstić information content (AvgIpc) is 2.98. The van der Waals surface area contributed by atoms with E-state index in [0.29, 0.717) is 19.0 Å². The number of benzene rings is 1. The minimum atomic E-state index is 0. The first-order valence-corrected chi connectivity index (χ1v) is 7.29. The molecule has 1 atom stereocenters. The molecule has 0 bridgehead atoms. The van der Waals surface area contributed by atoms with Crippen LogP contribution in [-0.4, -0.2) is 37.6 Å². The van der Waals surface area contributed by atoms with E-state index in [1.807, 2.05) is 31.3 Å². The zero-order chi connectivity index (χ0) is 14.4. The first-order valence-electron chi connectivity index (χ1n) is 7.29. The number of rotatable bonds is 6. The van der Waals surface area contributed by atoms with Crippen molar-refractivity contribution in [3.05, 3.63) is 29.8 Å². The van der Waals surface area contributed by atoms with Gasteiger partial charge in [0.05, 0.1) is 7.11 Å². The zero-order valence-electron chi connectivity index (χ0n) is 12.8. The standard InChI is InChI=1S/C16H24N2O2.ClH/c1-18(12-13-5-8-15(20-2)9-6-13)16(19)10-7-14-4-3-11-17-14;/h5-6,8-9,14,17H,3-4,7,10-12H2,1-2H3;1H. The Bertz CT molecular complexity index is 430. The number of carbonyl (C=O) groups excluding carboxylic acids is 1. The summed E-state index contributed by atoms with van der Waals surface area (Å²) in [6.07, 6.45) is 4.02. The molecule has 1 amide bonds. The van der Waals surface area contributed by atoms with E-state index in [4.69, 9.17) is 4.74 Å². The largest absolute Gasteiger partial charge is 0.497 e. The number of hydrogen-bond donors (Lipinski definition) is 1. The fourth-order valence-electron chi connectivity index (χ4n) is 2.58. The minimum Gasteiger partial charge on any atom is -0.497 e. The molecular weight excluding hydrogens is 288 g/mol. The lowest BCUT2D eigenvalue weighted by Gasteiger charge is -2.18. The number of hydrogen-bond acceptors (Lipinski definition) is 3. The average molecular weight is 313 g/mol. The van der Waals surface area contributed by atoms with E-state index >= 15 is 0 Å². The van der Waals surface area contributed by atoms with Crippen LogP contribution >= 0.6 is 12.4 Å². The molecule has 1 aliphatic rings. The summed E-state index contributed by atoms with van der Waals surface area (Å²) in [5.41, 5.74) is 1.13. The molecule has 118 valence electrons. The van der Waals surface area contributed by atoms with Crippen molar-refractivity contribution < 1.29 is 9.53 Å². The molecule has 1 unspecified atom stereocenters. The minimum absolute atomic E-state index is 0. The number of methoxy groups -OCH3 is 1. The monoisotopic (exact) mass is 312 g/mol. The third kappa shape index (κ3) is 5.56. The predicted molar refractivity (Wildman–Crippen MR) is 87.0 cm³/mol. The molecule has 1 fully saturated rings. The lowest BCUT2D eigenvalue weighted by atomic mass is 10.1. The van der Waals surface area contributed by atoms with Gasteiger partial charge in [-0.1, -0.05) is 12.1 Å². The highest BCUT2D eigenvalue weighted by Crippen LogP contribution is 2.14. The Morgan fingerprint density at radius 2 is 2.10 bits per heavy atom. The van der Waals surface area contributed by atoms with Crippen LogP contribution in [0.4, 0.5) is 0 Å². The van der Waals surface area contributed by atoms with E-state index in [2.05, 4.69) is 5.32 Å². The Hall–Kier alpha value is -1.26. The van der Waals surface area contributed by atoms with Gasteiger partial charge in [0.15, 0.2) is 0 Å². The van der Waals surface area contributed by atoms with Crippen molar-refractivity contribution >= 4 is 18.3 Å². The Kier molecular flexibility index (Phi) is 7.54. The number of nitrogens with one attached hydrogen (secondary N) is 1. The third-order valence-electron chi connectivity index (χ3n) is 3.87. The van der Waals surface area contributed by atoms with Crippen LogP contribution in [0.1, 0.15) is 31.2 Å². The van der Waals surface area contributed by atoms with Crippen molar-refractivity contribution in [2.75, 3.05) is 20.7 Å². The highest BCUT2D eigenvalue weighted by Gasteiger charge is 2.17. The van der Waals surface area contributed by atoms with E-state index in [1.54, 1.807) is 12.0 Å². The van der Waals surface area contributed by atoms with Crippen LogP contribution in [0.2, 0.25) is 0 Å². The van der Waals surface area contributed by atoms with E-state index < -0.39 is 0 Å². The van der Waals surface area contributed by atoms with Gasteiger partial charge in [0.1, 0.15) is 5.75 Å². The van der Waals surface area contributed by atoms with E-state index in [0.717, 1.165) is 24.3 Å². The van der Waals surface area contributed by atoms with Crippen molar-refractivity contribution in [3.8, 4) is 5.75 Å². The van der Waals surface area contributed by atoms with E-state index in [9.17, 15) is 4.79 Å². The molecule has 1 aromatic carbocycles. The quantitative estimate of drug-likeness (QED) is 0.878. The summed E-state index contributed by atoms with van der Waals surface area (Å²) in [4.78, 5) is 13.9. The maximum Gasteiger partial charge on any atom is 0.222 e. The molecule has 21 heavy (non-hydrogen) atoms. The van der Waals surface area contributed by atoms with Crippen LogP contribution in [0.25, 0.3) is 0 Å². The van der Waals surface area contributed by atoms with Gasteiger partial charge in [-0.3, -0.25) is 4.79 Å². The Morgan fingerprint density at radius 3 is 2.67 bits per heavy atom. The van der Waals surface area contributed by atoms with Crippen molar-refractivity contribution in [2.45, 2.75) is 38.3 Å². The maximum atomic E-state index is 12.1. The molecule has 1 heterocycles. The van der Waals surface area contributed by atoms with E-state index in [1.165, 1.54) is 12.8 Å². The van der Waals surface area contributed by atoms with Crippen molar-refractivity contribution in [2.24, 2.45) is 0 Å². The first-order chi connectivity index (χ1) is 9.69. The summed E-state index contributed by atoms with van der Waals surface area (Å²) < 4.78 is 5.13. The summed E-state index contributed by atoms with van der Waals surface area (Å²) in [6.45, 7) is 1.75. The molecule has 0 aromatic heterocycles. The highest BCUT2D eigenvalue weighted by atomic mass is 35.5. The second-order valence-corrected chi connectivity index (χ2v) is 5.43. The Labute approximate surface area is 133 Å². The molecular formula is C16H25ClN2O2. The second-order valence-electron chi connectivity index (χ2n) is 5.43. The van der Waals surface area contributed by atoms with Gasteiger partial charge in [-0.2, -0.15) is 0 Å². The van der Waals surface area contributed by atoms with Gasteiger partial charge in [-0.25, -0.2) is 0 Å². The summed E-state index contributed by atoms with van der Waals surface area (Å²) in [5.74, 6) is 1.06. The van der Waals surface area contributed by atoms with Crippen LogP contribution in [0.15, 0.2) is 24.3 Å². The van der Waals surface area contributed by atoms with Crippen LogP contribution in [0.5, 0.6) is 5.75 Å². The molecule has 0 saturated carbocycles. The van der Waals surface area contributed by atoms with Gasteiger partial charge in [0.2, 0.25) is 5.91 Å². The van der Waals surface area contributed by atoms with Gasteiger partial charge in [-0.15, -0.1) is 12.4 Å².